The molecule has 6 rings (SSSR count). The van der Waals surface area contributed by atoms with E-state index in [4.69, 9.17) is 71.7 Å². The number of hydrogen-bond acceptors (Lipinski definition) is 20. The average Bonchev–Trinajstić information content (AvgIpc) is 4.08. The van der Waals surface area contributed by atoms with Crippen LogP contribution in [0.2, 0.25) is 0 Å². The summed E-state index contributed by atoms with van der Waals surface area (Å²) in [7, 11) is -5.17. The molecule has 73 heavy (non-hydrogen) atoms. The number of carboxylic acids is 4. The Bertz CT molecular complexity index is 2570. The number of benzene rings is 3. The summed E-state index contributed by atoms with van der Waals surface area (Å²) in [4.78, 5) is 84.4. The zero-order valence-corrected chi connectivity index (χ0v) is 50.5. The van der Waals surface area contributed by atoms with Gasteiger partial charge in [-0.1, -0.05) is 54.6 Å². The standard InChI is InChI=1S/C12H11NO2S.C12H9NO2S.C6H7N.C6H4O3S.C4H6O4.C2H4O2.CH2Cl2.B.3Na.H2O4S/c2*14-12(15)9-6-11(16-8-9)7-13-10-4-2-1-3-5-10;7-6-4-2-1-3-5-6;7-2-5-1-4(3-10-5)6(8)9;1-3(5)7-8-4(2)6;1-2(3)4;2-1-3;;;;;1-5(2,3)4/h1-6,8,13H,7H2,(H,14,15);1-8H,(H,14,15);1-5H,7H2;1-3H,(H,8,9);1-2H3;1H3,(H,3,4);1H2;;;;;(H2,1,2,3,4)/q;;;;;;;;3*+1;/p-3. The maximum absolute atomic E-state index is 10.7. The van der Waals surface area contributed by atoms with E-state index in [0.29, 0.717) is 28.8 Å². The van der Waals surface area contributed by atoms with Gasteiger partial charge < -0.3 is 45.4 Å². The second kappa shape index (κ2) is 48.9. The number of carbonyl (C=O) groups excluding carboxylic acids is 4. The molecule has 3 radical (unpaired) electrons. The third-order valence-corrected chi connectivity index (χ3v) is 8.83. The van der Waals surface area contributed by atoms with Gasteiger partial charge >= 0.3 is 119 Å². The van der Waals surface area contributed by atoms with E-state index in [0.717, 1.165) is 58.9 Å². The summed E-state index contributed by atoms with van der Waals surface area (Å²) in [5, 5.41) is 42.9. The number of rotatable bonds is 9. The molecule has 0 amide bonds. The maximum Gasteiger partial charge on any atom is 1.00 e. The van der Waals surface area contributed by atoms with Crippen molar-refractivity contribution in [1.82, 2.24) is 0 Å². The van der Waals surface area contributed by atoms with Crippen LogP contribution >= 0.6 is 57.2 Å². The van der Waals surface area contributed by atoms with Gasteiger partial charge in [0.05, 0.1) is 32.6 Å². The van der Waals surface area contributed by atoms with Gasteiger partial charge in [-0.25, -0.2) is 33.7 Å². The number of aldehydes is 1. The van der Waals surface area contributed by atoms with E-state index in [1.54, 1.807) is 29.1 Å². The number of aromatic carboxylic acids is 3. The molecule has 3 aromatic heterocycles. The minimum Gasteiger partial charge on any atom is -0.759 e. The van der Waals surface area contributed by atoms with Crippen LogP contribution in [0.25, 0.3) is 0 Å². The Labute approximate surface area is 510 Å². The number of carbonyl (C=O) groups is 7. The number of aliphatic imine (C=N–C) groups is 1. The SMILES string of the molecule is CC(=O)OOC(C)=O.CC(=O)[O-].ClCCl.Nc1ccccc1.O=C(O)c1csc(C=Nc2ccccc2)c1.O=C(O)c1csc(CNc2ccccc2)c1.O=Cc1cc(C(=O)O)cs1.O=S(=O)([O-])[O-].[B].[Na+].[Na+].[Na+]. The third kappa shape index (κ3) is 51.3. The molecule has 0 spiro atoms. The number of thiophene rings is 3. The Kier molecular flexibility index (Phi) is 53.9. The smallest absolute Gasteiger partial charge is 0.759 e. The number of carboxylic acid groups (broad SMARTS) is 4. The number of para-hydroxylation sites is 3. The topological polar surface area (TPSA) is 352 Å². The summed E-state index contributed by atoms with van der Waals surface area (Å²) in [6.07, 6.45) is 2.31. The van der Waals surface area contributed by atoms with E-state index in [-0.39, 0.29) is 108 Å². The number of hydrogen-bond donors (Lipinski definition) is 5. The summed E-state index contributed by atoms with van der Waals surface area (Å²) in [6.45, 7) is 3.91. The number of nitrogens with two attached hydrogens (primary N) is 1. The summed E-state index contributed by atoms with van der Waals surface area (Å²) in [5.74, 6) is -5.14. The van der Waals surface area contributed by atoms with E-state index in [1.807, 2.05) is 91.0 Å². The molecular formula is C43H42BCl2N3Na3O17S4. The zero-order valence-electron chi connectivity index (χ0n) is 39.7. The van der Waals surface area contributed by atoms with Crippen molar-refractivity contribution in [2.24, 2.45) is 4.99 Å². The van der Waals surface area contributed by atoms with Crippen LogP contribution in [0.4, 0.5) is 17.1 Å². The molecule has 20 nitrogen and oxygen atoms in total. The van der Waals surface area contributed by atoms with E-state index < -0.39 is 46.2 Å². The first-order chi connectivity index (χ1) is 32.4. The van der Waals surface area contributed by atoms with Gasteiger partial charge in [0, 0.05) is 88.7 Å². The van der Waals surface area contributed by atoms with E-state index >= 15 is 0 Å². The third-order valence-electron chi connectivity index (χ3n) is 6.16. The minimum absolute atomic E-state index is 0. The van der Waals surface area contributed by atoms with Crippen LogP contribution in [0.3, 0.4) is 0 Å². The van der Waals surface area contributed by atoms with Gasteiger partial charge in [0.15, 0.2) is 6.29 Å². The molecule has 6 N–H and O–H groups in total. The fourth-order valence-corrected chi connectivity index (χ4v) is 5.83. The number of nitrogen functional groups attached to an aromatic ring is 1. The molecule has 30 heteroatoms. The number of halogens is 2. The van der Waals surface area contributed by atoms with Gasteiger partial charge in [-0.05, 0) is 61.5 Å². The number of alkyl halides is 2. The molecule has 0 aliphatic rings. The summed E-state index contributed by atoms with van der Waals surface area (Å²) >= 11 is 13.5. The number of anilines is 2. The molecule has 6 aromatic rings. The van der Waals surface area contributed by atoms with Crippen LogP contribution in [0.5, 0.6) is 0 Å². The van der Waals surface area contributed by atoms with Crippen LogP contribution in [-0.4, -0.2) is 94.9 Å². The predicted octanol–water partition coefficient (Wildman–Crippen LogP) is -1.72. The summed E-state index contributed by atoms with van der Waals surface area (Å²) in [6, 6.07) is 33.5. The first-order valence-electron chi connectivity index (χ1n) is 18.3. The van der Waals surface area contributed by atoms with Crippen molar-refractivity contribution in [2.75, 3.05) is 16.4 Å². The quantitative estimate of drug-likeness (QED) is 0.0124. The molecule has 0 saturated carbocycles. The van der Waals surface area contributed by atoms with E-state index in [2.05, 4.69) is 20.1 Å². The van der Waals surface area contributed by atoms with Crippen LogP contribution in [-0.2, 0) is 41.1 Å². The Hall–Kier alpha value is -3.97. The summed E-state index contributed by atoms with van der Waals surface area (Å²) in [5.41, 5.74) is 8.90. The van der Waals surface area contributed by atoms with Crippen molar-refractivity contribution in [3.63, 3.8) is 0 Å². The van der Waals surface area contributed by atoms with Gasteiger partial charge in [0.1, 0.15) is 0 Å². The van der Waals surface area contributed by atoms with Crippen molar-refractivity contribution >= 4 is 141 Å². The number of aliphatic carboxylic acids is 1. The Morgan fingerprint density at radius 2 is 1.01 bits per heavy atom. The molecule has 0 fully saturated rings. The van der Waals surface area contributed by atoms with E-state index in [1.165, 1.54) is 34.1 Å². The molecule has 0 atom stereocenters. The van der Waals surface area contributed by atoms with Crippen LogP contribution < -0.4 is 105 Å². The normalized spacial score (nSPS) is 8.86. The molecular weight excluding hydrogens is 1110 g/mol. The molecule has 3 aromatic carbocycles. The zero-order chi connectivity index (χ0) is 52.8. The van der Waals surface area contributed by atoms with Crippen molar-refractivity contribution in [1.29, 1.82) is 0 Å². The van der Waals surface area contributed by atoms with Crippen molar-refractivity contribution in [2.45, 2.75) is 27.3 Å². The van der Waals surface area contributed by atoms with Gasteiger partial charge in [-0.2, -0.15) is 0 Å². The molecule has 0 aliphatic heterocycles. The molecule has 0 bridgehead atoms. The Morgan fingerprint density at radius 3 is 1.33 bits per heavy atom. The average molecular weight is 1150 g/mol. The maximum atomic E-state index is 10.7. The second-order valence-electron chi connectivity index (χ2n) is 11.7. The van der Waals surface area contributed by atoms with Crippen LogP contribution in [0.15, 0.2) is 130 Å². The van der Waals surface area contributed by atoms with Gasteiger partial charge in [-0.3, -0.25) is 18.2 Å². The fourth-order valence-electron chi connectivity index (χ4n) is 3.61. The van der Waals surface area contributed by atoms with Crippen molar-refractivity contribution in [3.8, 4) is 0 Å². The largest absolute Gasteiger partial charge is 1.00 e. The van der Waals surface area contributed by atoms with Crippen LogP contribution in [0.1, 0.15) is 71.3 Å². The minimum atomic E-state index is -5.17. The van der Waals surface area contributed by atoms with Crippen LogP contribution in [0, 0.1) is 0 Å². The van der Waals surface area contributed by atoms with Gasteiger partial charge in [0.25, 0.3) is 0 Å². The summed E-state index contributed by atoms with van der Waals surface area (Å²) < 4.78 is 34.1. The van der Waals surface area contributed by atoms with Gasteiger partial charge in [0.2, 0.25) is 0 Å². The van der Waals surface area contributed by atoms with Crippen molar-refractivity contribution < 1.29 is 170 Å². The predicted molar refractivity (Wildman–Crippen MR) is 265 cm³/mol. The Balaban J connectivity index is -0.000000184. The van der Waals surface area contributed by atoms with Crippen molar-refractivity contribution in [3.05, 3.63) is 157 Å². The van der Waals surface area contributed by atoms with E-state index in [9.17, 15) is 28.8 Å². The van der Waals surface area contributed by atoms with Gasteiger partial charge in [-0.15, -0.1) is 57.2 Å². The molecule has 3 heterocycles. The molecule has 375 valence electrons. The molecule has 0 unspecified atom stereocenters. The Morgan fingerprint density at radius 1 is 0.671 bits per heavy atom. The fraction of sp³-hybridized carbons (Fsp3) is 0.116. The second-order valence-corrected chi connectivity index (χ2v) is 16.2. The first kappa shape index (κ1) is 80.4. The first-order valence-corrected chi connectivity index (χ1v) is 23.4. The molecule has 0 saturated heterocycles. The monoisotopic (exact) mass is 1150 g/mol. The molecule has 0 aliphatic carbocycles. The number of nitrogens with one attached hydrogen (secondary N) is 1. The number of nitrogens with zero attached hydrogens (tertiary/aromatic N) is 1.